The minimum Gasteiger partial charge on any atom is -0.310 e. The molecule has 76 heavy (non-hydrogen) atoms. The molecule has 0 fully saturated rings. The third-order valence-corrected chi connectivity index (χ3v) is 16.6. The van der Waals surface area contributed by atoms with Crippen molar-refractivity contribution in [3.05, 3.63) is 178 Å². The summed E-state index contributed by atoms with van der Waals surface area (Å²) >= 11 is 0. The molecule has 1 aromatic heterocycles. The third-order valence-electron chi connectivity index (χ3n) is 16.6. The van der Waals surface area contributed by atoms with Crippen LogP contribution >= 0.6 is 0 Å². The lowest BCUT2D eigenvalue weighted by Gasteiger charge is -2.36. The van der Waals surface area contributed by atoms with Crippen LogP contribution in [0, 0.1) is 0 Å². The van der Waals surface area contributed by atoms with E-state index in [1.165, 1.54) is 121 Å². The van der Waals surface area contributed by atoms with E-state index in [1.807, 2.05) is 0 Å². The Hall–Kier alpha value is -6.38. The van der Waals surface area contributed by atoms with Gasteiger partial charge in [-0.2, -0.15) is 0 Å². The third kappa shape index (κ3) is 9.30. The van der Waals surface area contributed by atoms with Crippen molar-refractivity contribution in [2.75, 3.05) is 4.90 Å². The lowest BCUT2D eigenvalue weighted by Crippen LogP contribution is -2.23. The Morgan fingerprint density at radius 1 is 0.303 bits per heavy atom. The molecule has 0 unspecified atom stereocenters. The number of hydrogen-bond acceptors (Lipinski definition) is 1. The normalized spacial score (nSPS) is 13.6. The van der Waals surface area contributed by atoms with Crippen molar-refractivity contribution < 1.29 is 0 Å². The number of fused-ring (bicyclic) bond motifs is 3. The molecule has 1 heterocycles. The van der Waals surface area contributed by atoms with E-state index < -0.39 is 0 Å². The number of rotatable bonds is 5. The maximum absolute atomic E-state index is 2.61. The number of anilines is 3. The van der Waals surface area contributed by atoms with Crippen LogP contribution in [-0.4, -0.2) is 4.57 Å². The second-order valence-electron chi connectivity index (χ2n) is 29.7. The molecular weight excluding hydrogens is 917 g/mol. The predicted molar refractivity (Wildman–Crippen MR) is 336 cm³/mol. The first kappa shape index (κ1) is 53.0. The van der Waals surface area contributed by atoms with Gasteiger partial charge in [-0.25, -0.2) is 0 Å². The van der Waals surface area contributed by atoms with E-state index in [0.717, 1.165) is 5.69 Å². The van der Waals surface area contributed by atoms with Crippen molar-refractivity contribution in [1.82, 2.24) is 4.57 Å². The van der Waals surface area contributed by atoms with Gasteiger partial charge in [0.2, 0.25) is 0 Å². The topological polar surface area (TPSA) is 8.17 Å². The van der Waals surface area contributed by atoms with Gasteiger partial charge in [-0.15, -0.1) is 0 Å². The summed E-state index contributed by atoms with van der Waals surface area (Å²) in [4.78, 5) is 2.61. The molecule has 2 nitrogen and oxygen atoms in total. The molecule has 0 aliphatic carbocycles. The van der Waals surface area contributed by atoms with Crippen molar-refractivity contribution in [2.45, 2.75) is 183 Å². The average molecular weight is 1000 g/mol. The van der Waals surface area contributed by atoms with E-state index in [1.54, 1.807) is 0 Å². The molecule has 2 heteroatoms. The Bertz CT molecular complexity index is 3770. The zero-order valence-electron chi connectivity index (χ0n) is 50.2. The summed E-state index contributed by atoms with van der Waals surface area (Å²) < 4.78 is 2.55. The summed E-state index contributed by atoms with van der Waals surface area (Å²) in [6, 6.07) is 55.4. The Morgan fingerprint density at radius 3 is 1.21 bits per heavy atom. The number of benzene rings is 9. The molecule has 0 saturated heterocycles. The van der Waals surface area contributed by atoms with Crippen LogP contribution in [0.2, 0.25) is 0 Å². The van der Waals surface area contributed by atoms with Crippen LogP contribution in [0.4, 0.5) is 17.1 Å². The molecule has 10 aromatic rings. The molecule has 0 amide bonds. The van der Waals surface area contributed by atoms with Gasteiger partial charge in [-0.05, 0) is 170 Å². The van der Waals surface area contributed by atoms with E-state index in [4.69, 9.17) is 0 Å². The van der Waals surface area contributed by atoms with Crippen LogP contribution < -0.4 is 4.90 Å². The van der Waals surface area contributed by atoms with Crippen molar-refractivity contribution >= 4 is 71.2 Å². The second-order valence-corrected chi connectivity index (χ2v) is 29.7. The highest BCUT2D eigenvalue weighted by atomic mass is 15.1. The highest BCUT2D eigenvalue weighted by Gasteiger charge is 2.32. The van der Waals surface area contributed by atoms with E-state index in [9.17, 15) is 0 Å². The number of nitrogens with zero attached hydrogens (tertiary/aromatic N) is 2. The van der Waals surface area contributed by atoms with E-state index in [2.05, 4.69) is 294 Å². The van der Waals surface area contributed by atoms with Crippen molar-refractivity contribution in [2.24, 2.45) is 0 Å². The fourth-order valence-electron chi connectivity index (χ4n) is 11.8. The van der Waals surface area contributed by atoms with Crippen LogP contribution in [0.1, 0.15) is 184 Å². The Kier molecular flexibility index (Phi) is 12.3. The first-order chi connectivity index (χ1) is 35.1. The quantitative estimate of drug-likeness (QED) is 0.156. The maximum atomic E-state index is 2.61. The van der Waals surface area contributed by atoms with Gasteiger partial charge < -0.3 is 9.47 Å². The fraction of sp³-hybridized carbons (Fsp3) is 0.378. The van der Waals surface area contributed by atoms with Crippen molar-refractivity contribution in [3.63, 3.8) is 0 Å². The molecule has 0 atom stereocenters. The highest BCUT2D eigenvalue weighted by Crippen LogP contribution is 2.51. The zero-order valence-corrected chi connectivity index (χ0v) is 50.2. The van der Waals surface area contributed by atoms with Gasteiger partial charge in [-0.3, -0.25) is 0 Å². The highest BCUT2D eigenvalue weighted by molar-refractivity contribution is 6.27. The zero-order chi connectivity index (χ0) is 55.2. The van der Waals surface area contributed by atoms with Gasteiger partial charge in [-0.1, -0.05) is 224 Å². The molecule has 0 bridgehead atoms. The van der Waals surface area contributed by atoms with Crippen LogP contribution in [-0.2, 0) is 37.9 Å². The molecule has 10 rings (SSSR count). The first-order valence-electron chi connectivity index (χ1n) is 28.2. The van der Waals surface area contributed by atoms with Gasteiger partial charge >= 0.3 is 0 Å². The van der Waals surface area contributed by atoms with E-state index in [-0.39, 0.29) is 37.9 Å². The standard InChI is InChI=1S/C74H86N2/c1-68(2,3)48-26-30-53(31-27-48)75(65-44-59(73(16,17)18)56(43-60(65)74(19,20)21)47-38-51(71(10,11)12)40-52(39-47)72(13,14)15)61-34-24-45-23-33-55-62(35-25-46-22-32-54(61)66(45)67(46)55)76-63-36-28-49(69(4,5)6)41-57(63)58-42-50(70(7,8)9)29-37-64(58)76/h22-44H,1-21H3. The first-order valence-corrected chi connectivity index (χ1v) is 28.2. The largest absolute Gasteiger partial charge is 0.310 e. The van der Waals surface area contributed by atoms with Crippen LogP contribution in [0.3, 0.4) is 0 Å². The molecular formula is C74H86N2. The van der Waals surface area contributed by atoms with Crippen LogP contribution in [0.5, 0.6) is 0 Å². The molecule has 9 aromatic carbocycles. The van der Waals surface area contributed by atoms with E-state index >= 15 is 0 Å². The fourth-order valence-corrected chi connectivity index (χ4v) is 11.8. The molecule has 0 radical (unpaired) electrons. The maximum Gasteiger partial charge on any atom is 0.0541 e. The Morgan fingerprint density at radius 2 is 0.737 bits per heavy atom. The SMILES string of the molecule is CC(C)(C)c1ccc(N(c2cc(C(C)(C)C)c(-c3cc(C(C)(C)C)cc(C(C)(C)C)c3)cc2C(C)(C)C)c2ccc3ccc4c(-n5c6ccc(C(C)(C)C)cc6c6cc(C(C)(C)C)ccc65)ccc5ccc2c3c54)cc1. The summed E-state index contributed by atoms with van der Waals surface area (Å²) in [5, 5.41) is 10.2. The molecule has 392 valence electrons. The second kappa shape index (κ2) is 17.6. The van der Waals surface area contributed by atoms with Gasteiger partial charge in [0.1, 0.15) is 0 Å². The Labute approximate surface area is 456 Å². The summed E-state index contributed by atoms with van der Waals surface area (Å²) in [6.07, 6.45) is 0. The lowest BCUT2D eigenvalue weighted by atomic mass is 9.74. The lowest BCUT2D eigenvalue weighted by molar-refractivity contribution is 0.568. The minimum atomic E-state index is -0.207. The molecule has 0 aliphatic heterocycles. The average Bonchev–Trinajstić information content (AvgIpc) is 3.74. The van der Waals surface area contributed by atoms with Gasteiger partial charge in [0, 0.05) is 27.2 Å². The summed E-state index contributed by atoms with van der Waals surface area (Å²) in [5.74, 6) is 0. The summed E-state index contributed by atoms with van der Waals surface area (Å²) in [6.45, 7) is 49.3. The summed E-state index contributed by atoms with van der Waals surface area (Å²) in [5.41, 5.74) is 18.9. The van der Waals surface area contributed by atoms with Crippen molar-refractivity contribution in [1.29, 1.82) is 0 Å². The summed E-state index contributed by atoms with van der Waals surface area (Å²) in [7, 11) is 0. The monoisotopic (exact) mass is 1000 g/mol. The Balaban J connectivity index is 1.28. The predicted octanol–water partition coefficient (Wildman–Crippen LogP) is 21.9. The number of aromatic nitrogens is 1. The van der Waals surface area contributed by atoms with Gasteiger partial charge in [0.05, 0.1) is 28.1 Å². The van der Waals surface area contributed by atoms with Gasteiger partial charge in [0.25, 0.3) is 0 Å². The van der Waals surface area contributed by atoms with Crippen molar-refractivity contribution in [3.8, 4) is 16.8 Å². The smallest absolute Gasteiger partial charge is 0.0541 e. The van der Waals surface area contributed by atoms with Crippen LogP contribution in [0.25, 0.3) is 70.9 Å². The minimum absolute atomic E-state index is 0.00767. The molecule has 0 N–H and O–H groups in total. The van der Waals surface area contributed by atoms with Gasteiger partial charge in [0.15, 0.2) is 0 Å². The van der Waals surface area contributed by atoms with E-state index in [0.29, 0.717) is 0 Å². The molecule has 0 spiro atoms. The molecule has 0 aliphatic rings. The molecule has 0 saturated carbocycles. The van der Waals surface area contributed by atoms with Crippen LogP contribution in [0.15, 0.2) is 140 Å². The number of hydrogen-bond donors (Lipinski definition) is 0.